The predicted octanol–water partition coefficient (Wildman–Crippen LogP) is 3.37. The van der Waals surface area contributed by atoms with E-state index in [1.807, 2.05) is 21.6 Å². The summed E-state index contributed by atoms with van der Waals surface area (Å²) in [6.07, 6.45) is 7.61. The maximum Gasteiger partial charge on any atom is 0.298 e. The fourth-order valence-electron chi connectivity index (χ4n) is 9.19. The Morgan fingerprint density at radius 1 is 0.809 bits per heavy atom. The van der Waals surface area contributed by atoms with E-state index < -0.39 is 16.9 Å². The molecule has 2 amide bonds. The molecule has 9 heterocycles. The average Bonchev–Trinajstić information content (AvgIpc) is 4.19. The van der Waals surface area contributed by atoms with Gasteiger partial charge in [-0.2, -0.15) is 20.2 Å². The first-order chi connectivity index (χ1) is 32.9. The molecule has 3 aliphatic rings. The van der Waals surface area contributed by atoms with E-state index in [1.165, 1.54) is 18.2 Å². The van der Waals surface area contributed by atoms with Crippen molar-refractivity contribution >= 4 is 79.5 Å². The van der Waals surface area contributed by atoms with Gasteiger partial charge in [0.25, 0.3) is 23.1 Å². The van der Waals surface area contributed by atoms with Crippen molar-refractivity contribution in [3.05, 3.63) is 116 Å². The van der Waals surface area contributed by atoms with Gasteiger partial charge in [0.1, 0.15) is 27.9 Å². The van der Waals surface area contributed by atoms with Crippen LogP contribution >= 0.6 is 0 Å². The summed E-state index contributed by atoms with van der Waals surface area (Å²) in [6, 6.07) is 8.32. The normalized spacial score (nSPS) is 16.9. The zero-order valence-electron chi connectivity index (χ0n) is 36.2. The Bertz CT molecular complexity index is 3750. The fourth-order valence-corrected chi connectivity index (χ4v) is 9.19. The molecule has 0 radical (unpaired) electrons. The lowest BCUT2D eigenvalue weighted by Crippen LogP contribution is -2.41. The summed E-state index contributed by atoms with van der Waals surface area (Å²) in [5.41, 5.74) is 16.6. The number of likely N-dealkylation sites (tertiary alicyclic amines) is 2. The van der Waals surface area contributed by atoms with E-state index >= 15 is 4.39 Å². The number of halogens is 1. The number of carbonyl (C=O) groups excluding carboxylic acids is 2. The number of aromatic amines is 2. The molecule has 2 atom stereocenters. The number of nitrogens with two attached hydrogens (primary N) is 2. The predicted molar refractivity (Wildman–Crippen MR) is 250 cm³/mol. The number of H-pyrrole nitrogens is 2. The quantitative estimate of drug-likeness (QED) is 0.118. The van der Waals surface area contributed by atoms with Crippen LogP contribution in [0.5, 0.6) is 0 Å². The Morgan fingerprint density at radius 2 is 1.41 bits per heavy atom. The number of hydrogen-bond acceptors (Lipinski definition) is 14. The molecule has 3 aliphatic heterocycles. The van der Waals surface area contributed by atoms with Gasteiger partial charge in [0.05, 0.1) is 39.5 Å². The van der Waals surface area contributed by atoms with Crippen molar-refractivity contribution in [3.8, 4) is 23.7 Å². The lowest BCUT2D eigenvalue weighted by Gasteiger charge is -2.32. The molecule has 2 aromatic carbocycles. The van der Waals surface area contributed by atoms with Crippen LogP contribution in [0.15, 0.2) is 85.5 Å². The van der Waals surface area contributed by atoms with Crippen LogP contribution in [0.1, 0.15) is 47.2 Å². The van der Waals surface area contributed by atoms with Crippen molar-refractivity contribution in [2.24, 2.45) is 0 Å². The van der Waals surface area contributed by atoms with Gasteiger partial charge in [0.2, 0.25) is 11.8 Å². The van der Waals surface area contributed by atoms with Gasteiger partial charge in [0.15, 0.2) is 22.8 Å². The molecule has 11 rings (SSSR count). The van der Waals surface area contributed by atoms with E-state index in [0.717, 1.165) is 5.57 Å². The van der Waals surface area contributed by atoms with Crippen LogP contribution in [0.2, 0.25) is 0 Å². The largest absolute Gasteiger partial charge is 0.423 e. The Labute approximate surface area is 383 Å². The summed E-state index contributed by atoms with van der Waals surface area (Å²) in [4.78, 5) is 66.4. The molecule has 6 aromatic heterocycles. The molecule has 0 bridgehead atoms. The first kappa shape index (κ1) is 41.6. The Kier molecular flexibility index (Phi) is 9.84. The minimum absolute atomic E-state index is 0.0593. The Balaban J connectivity index is 0.770. The molecular formula is C47H39FN14O6. The van der Waals surface area contributed by atoms with E-state index in [0.29, 0.717) is 108 Å². The Morgan fingerprint density at radius 3 is 2.04 bits per heavy atom. The van der Waals surface area contributed by atoms with Crippen LogP contribution in [-0.2, 0) is 9.59 Å². The van der Waals surface area contributed by atoms with E-state index in [1.54, 1.807) is 46.0 Å². The summed E-state index contributed by atoms with van der Waals surface area (Å²) >= 11 is 0. The Hall–Kier alpha value is -9.11. The minimum atomic E-state index is -0.600. The third kappa shape index (κ3) is 7.13. The lowest BCUT2D eigenvalue weighted by molar-refractivity contribution is -0.125. The molecular weight excluding hydrogens is 876 g/mol. The molecule has 8 aromatic rings. The van der Waals surface area contributed by atoms with E-state index in [4.69, 9.17) is 25.3 Å². The molecule has 340 valence electrons. The maximum atomic E-state index is 15.0. The number of aromatic nitrogens is 8. The third-order valence-corrected chi connectivity index (χ3v) is 12.6. The molecule has 21 heteroatoms. The SMILES string of the molecule is C=CC(=O)N1CC[C@H](n2cc(C#Cc3ccc4oc(N5CC(=CC(=O)N6CC[C@H](n7cc(C#Cc8cc9nc(NC)oc9cc8F)c8c(N)n[nH]c(=O)c87)C6)C5)nc4c3)c3c(N)n[nH]c(=O)c32)C1. The maximum absolute atomic E-state index is 15.0. The molecule has 0 unspecified atom stereocenters. The molecule has 0 aliphatic carbocycles. The highest BCUT2D eigenvalue weighted by atomic mass is 19.1. The first-order valence-corrected chi connectivity index (χ1v) is 21.6. The summed E-state index contributed by atoms with van der Waals surface area (Å²) in [5.74, 6) is 11.4. The van der Waals surface area contributed by atoms with Gasteiger partial charge >= 0.3 is 0 Å². The number of anilines is 4. The van der Waals surface area contributed by atoms with E-state index in [-0.39, 0.29) is 58.2 Å². The molecule has 7 N–H and O–H groups in total. The number of fused-ring (bicyclic) bond motifs is 4. The summed E-state index contributed by atoms with van der Waals surface area (Å²) < 4.78 is 30.2. The second-order valence-corrected chi connectivity index (χ2v) is 16.8. The first-order valence-electron chi connectivity index (χ1n) is 21.6. The highest BCUT2D eigenvalue weighted by molar-refractivity contribution is 5.96. The molecule has 68 heavy (non-hydrogen) atoms. The summed E-state index contributed by atoms with van der Waals surface area (Å²) in [7, 11) is 1.64. The summed E-state index contributed by atoms with van der Waals surface area (Å²) in [6.45, 7) is 6.19. The molecule has 3 fully saturated rings. The number of carbonyl (C=O) groups is 2. The van der Waals surface area contributed by atoms with Gasteiger partial charge in [-0.05, 0) is 48.8 Å². The van der Waals surface area contributed by atoms with E-state index in [2.05, 4.69) is 61.0 Å². The van der Waals surface area contributed by atoms with Crippen molar-refractivity contribution in [3.63, 3.8) is 0 Å². The van der Waals surface area contributed by atoms with E-state index in [9.17, 15) is 19.2 Å². The number of nitrogens with one attached hydrogen (secondary N) is 3. The van der Waals surface area contributed by atoms with Crippen molar-refractivity contribution in [2.75, 3.05) is 68.0 Å². The smallest absolute Gasteiger partial charge is 0.298 e. The second kappa shape index (κ2) is 16.1. The van der Waals surface area contributed by atoms with Crippen molar-refractivity contribution in [2.45, 2.75) is 24.9 Å². The zero-order valence-corrected chi connectivity index (χ0v) is 36.2. The number of amides is 2. The van der Waals surface area contributed by atoms with Gasteiger partial charge < -0.3 is 49.5 Å². The number of rotatable bonds is 6. The van der Waals surface area contributed by atoms with Crippen LogP contribution in [-0.4, -0.2) is 107 Å². The zero-order chi connectivity index (χ0) is 47.0. The van der Waals surface area contributed by atoms with Gasteiger partial charge in [-0.1, -0.05) is 30.3 Å². The van der Waals surface area contributed by atoms with Crippen molar-refractivity contribution < 1.29 is 22.8 Å². The highest BCUT2D eigenvalue weighted by Gasteiger charge is 2.32. The number of nitrogen functional groups attached to an aromatic ring is 2. The van der Waals surface area contributed by atoms with Gasteiger partial charge in [-0.3, -0.25) is 19.2 Å². The van der Waals surface area contributed by atoms with Crippen LogP contribution in [0, 0.1) is 29.5 Å². The van der Waals surface area contributed by atoms with Gasteiger partial charge in [-0.15, -0.1) is 0 Å². The molecule has 20 nitrogen and oxygen atoms in total. The average molecular weight is 915 g/mol. The third-order valence-electron chi connectivity index (χ3n) is 12.6. The van der Waals surface area contributed by atoms with Gasteiger partial charge in [-0.25, -0.2) is 14.6 Å². The highest BCUT2D eigenvalue weighted by Crippen LogP contribution is 2.33. The van der Waals surface area contributed by atoms with Crippen LogP contribution in [0.25, 0.3) is 44.0 Å². The topological polar surface area (TPSA) is 261 Å². The van der Waals surface area contributed by atoms with Crippen LogP contribution < -0.4 is 32.8 Å². The molecule has 0 spiro atoms. The lowest BCUT2D eigenvalue weighted by atomic mass is 10.1. The standard InChI is InChI=1S/C47H39FN14O6/c1-3-36(63)58-12-10-29(22-58)61-20-27(38-40(61)44(65)56-54-42(38)49)6-4-24-5-9-34-32(14-24)53-47(68-34)60-18-25(19-60)15-37(64)59-13-11-30(23-59)62-21-28(39-41(62)45(66)57-55-43(39)50)8-7-26-16-33-35(17-31(26)48)67-46(51-2)52-33/h3,5,9,14-17,20-21,29-30H,1,10-13,18-19,22-23H2,2H3,(H2,49,54)(H2,50,55)(H,51,52)(H,56,65)(H,57,66)/t29-,30-/m0/s1. The minimum Gasteiger partial charge on any atom is -0.423 e. The summed E-state index contributed by atoms with van der Waals surface area (Å²) in [5, 5.41) is 16.4. The second-order valence-electron chi connectivity index (χ2n) is 16.8. The van der Waals surface area contributed by atoms with Crippen LogP contribution in [0.3, 0.4) is 0 Å². The monoisotopic (exact) mass is 914 g/mol. The number of hydrogen-bond donors (Lipinski definition) is 5. The van der Waals surface area contributed by atoms with Crippen LogP contribution in [0.4, 0.5) is 28.1 Å². The number of oxazole rings is 2. The van der Waals surface area contributed by atoms with Crippen molar-refractivity contribution in [1.29, 1.82) is 0 Å². The number of nitrogens with zero attached hydrogens (tertiary/aromatic N) is 9. The van der Waals surface area contributed by atoms with Gasteiger partial charge in [0, 0.05) is 76.4 Å². The molecule has 3 saturated heterocycles. The fraction of sp³-hybridized carbons (Fsp3) is 0.234. The number of benzene rings is 2. The molecule has 0 saturated carbocycles. The van der Waals surface area contributed by atoms with Crippen molar-refractivity contribution in [1.82, 2.24) is 49.3 Å².